The molecule has 0 aromatic rings. The molecule has 1 aliphatic rings. The van der Waals surface area contributed by atoms with E-state index in [1.54, 1.807) is 6.92 Å². The molecule has 0 spiro atoms. The van der Waals surface area contributed by atoms with Crippen molar-refractivity contribution in [3.05, 3.63) is 0 Å². The van der Waals surface area contributed by atoms with E-state index < -0.39 is 174 Å². The highest BCUT2D eigenvalue weighted by molar-refractivity contribution is 7.49. The normalized spacial score (nSPS) is 18.7. The van der Waals surface area contributed by atoms with Crippen LogP contribution >= 0.6 is 23.5 Å². The minimum absolute atomic E-state index is 0.0329. The number of hydrogen-bond donors (Lipinski definition) is 0. The Balaban J connectivity index is 4.74. The first-order valence-corrected chi connectivity index (χ1v) is 28.2. The average molecular weight is 1150 g/mol. The minimum Gasteiger partial charge on any atom is -0.456 e. The molecule has 1 rings (SSSR count). The molecule has 0 aromatic heterocycles. The Hall–Kier alpha value is -4.44. The molecule has 1 aliphatic carbocycles. The van der Waals surface area contributed by atoms with Gasteiger partial charge in [0.25, 0.3) is 0 Å². The van der Waals surface area contributed by atoms with Crippen molar-refractivity contribution in [1.82, 2.24) is 0 Å². The fraction of sp³-hybridized carbons (Fsp3) is 0.786. The van der Waals surface area contributed by atoms with Crippen molar-refractivity contribution in [2.75, 3.05) is 40.8 Å². The van der Waals surface area contributed by atoms with E-state index in [-0.39, 0.29) is 57.8 Å². The molecule has 1 fully saturated rings. The predicted octanol–water partition coefficient (Wildman–Crippen LogP) is 6.18. The summed E-state index contributed by atoms with van der Waals surface area (Å²) in [5.74, 6) is -9.13. The summed E-state index contributed by atoms with van der Waals surface area (Å²) in [6.07, 6.45) is -17.9. The monoisotopic (exact) mass is 1150 g/mol. The SMILES string of the molecule is CCCC(=O)O[C@@H]1[C@H](OC(=O)CCC)[C@H](OP(=O)(OCOC(=O)CC)OCOC(=O)CC)[C@@H](OP(=O)(OCOC(=O)CC)OCOC(=O)CC)[C@H](OC(=O)CCC)[C@H]1OP(=O)(OCOC(=O)CC)OCOC(=O)CC. The molecule has 0 unspecified atom stereocenters. The first kappa shape index (κ1) is 68.6. The van der Waals surface area contributed by atoms with E-state index in [4.69, 9.17) is 83.3 Å². The van der Waals surface area contributed by atoms with Crippen LogP contribution in [-0.4, -0.2) is 131 Å². The molecule has 0 saturated heterocycles. The van der Waals surface area contributed by atoms with E-state index in [0.717, 1.165) is 0 Å². The lowest BCUT2D eigenvalue weighted by molar-refractivity contribution is -0.244. The maximum absolute atomic E-state index is 15.0. The van der Waals surface area contributed by atoms with Gasteiger partial charge in [-0.15, -0.1) is 0 Å². The van der Waals surface area contributed by atoms with Crippen LogP contribution in [0, 0.1) is 0 Å². The lowest BCUT2D eigenvalue weighted by Crippen LogP contribution is -2.68. The summed E-state index contributed by atoms with van der Waals surface area (Å²) in [6.45, 7) is 5.41. The first-order valence-electron chi connectivity index (χ1n) is 23.8. The number of phosphoric ester groups is 3. The van der Waals surface area contributed by atoms with Gasteiger partial charge in [-0.3, -0.25) is 56.7 Å². The molecule has 0 heterocycles. The highest BCUT2D eigenvalue weighted by Crippen LogP contribution is 2.59. The largest absolute Gasteiger partial charge is 0.481 e. The summed E-state index contributed by atoms with van der Waals surface area (Å²) >= 11 is 0. The highest BCUT2D eigenvalue weighted by atomic mass is 31.2. The second kappa shape index (κ2) is 36.6. The summed E-state index contributed by atoms with van der Waals surface area (Å²) in [5.41, 5.74) is 0. The van der Waals surface area contributed by atoms with Gasteiger partial charge in [-0.25, -0.2) is 40.8 Å². The topological polar surface area (TPSA) is 371 Å². The number of carbonyl (C=O) groups is 9. The van der Waals surface area contributed by atoms with Gasteiger partial charge >= 0.3 is 77.2 Å². The summed E-state index contributed by atoms with van der Waals surface area (Å²) in [6, 6.07) is 0. The molecule has 432 valence electrons. The number of carbonyl (C=O) groups excluding carboxylic acids is 9. The van der Waals surface area contributed by atoms with E-state index in [1.165, 1.54) is 55.4 Å². The van der Waals surface area contributed by atoms with Crippen molar-refractivity contribution in [1.29, 1.82) is 0 Å². The smallest absolute Gasteiger partial charge is 0.456 e. The van der Waals surface area contributed by atoms with E-state index in [2.05, 4.69) is 0 Å². The van der Waals surface area contributed by atoms with Crippen molar-refractivity contribution in [3.8, 4) is 0 Å². The zero-order valence-electron chi connectivity index (χ0n) is 43.3. The van der Waals surface area contributed by atoms with Gasteiger partial charge in [-0.1, -0.05) is 62.3 Å². The van der Waals surface area contributed by atoms with E-state index in [9.17, 15) is 56.8 Å². The Morgan fingerprint density at radius 2 is 0.453 bits per heavy atom. The number of rotatable bonds is 39. The molecular formula is C42H69O30P3. The van der Waals surface area contributed by atoms with Crippen molar-refractivity contribution < 1.29 is 140 Å². The first-order chi connectivity index (χ1) is 35.5. The van der Waals surface area contributed by atoms with Gasteiger partial charge in [0.1, 0.15) is 18.3 Å². The van der Waals surface area contributed by atoms with E-state index >= 15 is 0 Å². The highest BCUT2D eigenvalue weighted by Gasteiger charge is 2.63. The summed E-state index contributed by atoms with van der Waals surface area (Å²) in [4.78, 5) is 115. The fourth-order valence-corrected chi connectivity index (χ4v) is 8.72. The number of phosphoric acid groups is 3. The molecule has 0 aliphatic heterocycles. The van der Waals surface area contributed by atoms with Gasteiger partial charge < -0.3 is 42.6 Å². The van der Waals surface area contributed by atoms with Crippen LogP contribution in [0.4, 0.5) is 0 Å². The van der Waals surface area contributed by atoms with E-state index in [0.29, 0.717) is 0 Å². The molecule has 0 aromatic carbocycles. The third kappa shape index (κ3) is 26.5. The van der Waals surface area contributed by atoms with Gasteiger partial charge in [-0.2, -0.15) is 0 Å². The van der Waals surface area contributed by atoms with Crippen molar-refractivity contribution in [2.45, 2.75) is 176 Å². The maximum Gasteiger partial charge on any atom is 0.481 e. The number of hydrogen-bond acceptors (Lipinski definition) is 30. The van der Waals surface area contributed by atoms with Gasteiger partial charge in [0.05, 0.1) is 0 Å². The third-order valence-corrected chi connectivity index (χ3v) is 13.2. The Kier molecular flexibility index (Phi) is 33.4. The van der Waals surface area contributed by atoms with Crippen LogP contribution in [-0.2, 0) is 140 Å². The van der Waals surface area contributed by atoms with Crippen LogP contribution in [0.25, 0.3) is 0 Å². The van der Waals surface area contributed by atoms with Crippen LogP contribution in [0.2, 0.25) is 0 Å². The molecular weight excluding hydrogens is 1080 g/mol. The Labute approximate surface area is 433 Å². The molecule has 0 N–H and O–H groups in total. The summed E-state index contributed by atoms with van der Waals surface area (Å²) in [5, 5.41) is 0. The van der Waals surface area contributed by atoms with Gasteiger partial charge in [0, 0.05) is 57.8 Å². The maximum atomic E-state index is 15.0. The zero-order valence-corrected chi connectivity index (χ0v) is 46.0. The molecule has 0 bridgehead atoms. The summed E-state index contributed by atoms with van der Waals surface area (Å²) in [7, 11) is -16.8. The fourth-order valence-electron chi connectivity index (χ4n) is 5.42. The van der Waals surface area contributed by atoms with Crippen LogP contribution in [0.5, 0.6) is 0 Å². The standard InChI is InChI=1S/C42H69O30P3/c1-10-19-34(49)67-37-38(68-35(50)20-11-2)41(71-74(53,63-24-57-30(45)15-6)64-25-58-31(46)16-7)42(72-75(54,65-26-59-32(47)17-8)66-27-60-33(48)18-9)39(69-36(51)21-12-3)40(37)70-73(52,61-22-55-28(43)13-4)62-23-56-29(44)14-5/h37-42H,10-27H2,1-9H3/t37-,38+,39-,40+,41+,42+/m1/s1. The molecule has 6 atom stereocenters. The lowest BCUT2D eigenvalue weighted by atomic mass is 9.84. The molecule has 33 heteroatoms. The van der Waals surface area contributed by atoms with Crippen molar-refractivity contribution >= 4 is 77.2 Å². The molecule has 0 radical (unpaired) electrons. The van der Waals surface area contributed by atoms with Crippen molar-refractivity contribution in [3.63, 3.8) is 0 Å². The van der Waals surface area contributed by atoms with Crippen LogP contribution < -0.4 is 0 Å². The second-order valence-electron chi connectivity index (χ2n) is 14.9. The molecule has 0 amide bonds. The second-order valence-corrected chi connectivity index (χ2v) is 19.7. The zero-order chi connectivity index (χ0) is 56.6. The average Bonchev–Trinajstić information content (AvgIpc) is 3.36. The predicted molar refractivity (Wildman–Crippen MR) is 246 cm³/mol. The number of ether oxygens (including phenoxy) is 9. The Morgan fingerprint density at radius 3 is 0.627 bits per heavy atom. The molecule has 30 nitrogen and oxygen atoms in total. The molecule has 1 saturated carbocycles. The quantitative estimate of drug-likeness (QED) is 0.0287. The van der Waals surface area contributed by atoms with Gasteiger partial charge in [0.2, 0.25) is 40.8 Å². The van der Waals surface area contributed by atoms with Gasteiger partial charge in [0.15, 0.2) is 18.3 Å². The van der Waals surface area contributed by atoms with Gasteiger partial charge in [-0.05, 0) is 19.3 Å². The van der Waals surface area contributed by atoms with Crippen LogP contribution in [0.15, 0.2) is 0 Å². The van der Waals surface area contributed by atoms with Crippen molar-refractivity contribution in [2.24, 2.45) is 0 Å². The van der Waals surface area contributed by atoms with Crippen LogP contribution in [0.1, 0.15) is 139 Å². The number of esters is 9. The molecule has 75 heavy (non-hydrogen) atoms. The Morgan fingerprint density at radius 1 is 0.280 bits per heavy atom. The lowest BCUT2D eigenvalue weighted by Gasteiger charge is -2.48. The third-order valence-electron chi connectivity index (χ3n) is 9.18. The van der Waals surface area contributed by atoms with E-state index in [1.807, 2.05) is 0 Å². The van der Waals surface area contributed by atoms with Crippen LogP contribution in [0.3, 0.4) is 0 Å². The Bertz CT molecular complexity index is 1920. The summed E-state index contributed by atoms with van der Waals surface area (Å²) < 4.78 is 141. The minimum atomic E-state index is -5.66.